The summed E-state index contributed by atoms with van der Waals surface area (Å²) in [6, 6.07) is 11.4. The normalized spacial score (nSPS) is 10.9. The van der Waals surface area contributed by atoms with E-state index in [-0.39, 0.29) is 12.3 Å². The highest BCUT2D eigenvalue weighted by molar-refractivity contribution is 9.10. The molecule has 30 heavy (non-hydrogen) atoms. The van der Waals surface area contributed by atoms with Crippen molar-refractivity contribution in [3.63, 3.8) is 0 Å². The van der Waals surface area contributed by atoms with Crippen LogP contribution in [0.5, 0.6) is 5.75 Å². The highest BCUT2D eigenvalue weighted by atomic mass is 79.9. The van der Waals surface area contributed by atoms with Crippen molar-refractivity contribution in [3.05, 3.63) is 89.4 Å². The summed E-state index contributed by atoms with van der Waals surface area (Å²) in [5.41, 5.74) is 4.06. The molecule has 0 amide bonds. The molecule has 3 aromatic rings. The number of nitrogens with zero attached hydrogens (tertiary/aromatic N) is 3. The van der Waals surface area contributed by atoms with Crippen molar-refractivity contribution >= 4 is 68.5 Å². The molecule has 0 saturated heterocycles. The molecule has 1 aromatic heterocycles. The number of nitro groups is 1. The molecular formula is C19H12BrCl3N4O3. The van der Waals surface area contributed by atoms with Gasteiger partial charge in [0.2, 0.25) is 0 Å². The summed E-state index contributed by atoms with van der Waals surface area (Å²) in [7, 11) is 0. The number of halogens is 4. The van der Waals surface area contributed by atoms with Gasteiger partial charge in [-0.05, 0) is 51.8 Å². The minimum absolute atomic E-state index is 0.101. The zero-order valence-electron chi connectivity index (χ0n) is 15.0. The average Bonchev–Trinajstić information content (AvgIpc) is 2.69. The quantitative estimate of drug-likeness (QED) is 0.208. The Morgan fingerprint density at radius 3 is 2.60 bits per heavy atom. The fourth-order valence-corrected chi connectivity index (χ4v) is 3.77. The maximum Gasteiger partial charge on any atom is 0.287 e. The summed E-state index contributed by atoms with van der Waals surface area (Å²) >= 11 is 21.8. The predicted molar refractivity (Wildman–Crippen MR) is 122 cm³/mol. The van der Waals surface area contributed by atoms with Crippen LogP contribution in [0, 0.1) is 10.1 Å². The maximum absolute atomic E-state index is 10.6. The molecule has 1 N–H and O–H groups in total. The Kier molecular flexibility index (Phi) is 7.49. The third-order valence-electron chi connectivity index (χ3n) is 3.76. The predicted octanol–water partition coefficient (Wildman–Crippen LogP) is 6.74. The first-order chi connectivity index (χ1) is 14.3. The smallest absolute Gasteiger partial charge is 0.287 e. The molecule has 3 rings (SSSR count). The lowest BCUT2D eigenvalue weighted by molar-refractivity contribution is -0.385. The summed E-state index contributed by atoms with van der Waals surface area (Å²) in [5, 5.41) is 16.1. The van der Waals surface area contributed by atoms with Gasteiger partial charge in [0.1, 0.15) is 18.6 Å². The van der Waals surface area contributed by atoms with Gasteiger partial charge in [0.15, 0.2) is 5.75 Å². The minimum Gasteiger partial charge on any atom is -0.486 e. The Morgan fingerprint density at radius 1 is 1.17 bits per heavy atom. The maximum atomic E-state index is 10.6. The number of anilines is 1. The van der Waals surface area contributed by atoms with Crippen molar-refractivity contribution in [3.8, 4) is 5.75 Å². The van der Waals surface area contributed by atoms with E-state index in [4.69, 9.17) is 39.5 Å². The zero-order valence-corrected chi connectivity index (χ0v) is 18.8. The molecule has 0 aliphatic heterocycles. The topological polar surface area (TPSA) is 89.7 Å². The largest absolute Gasteiger partial charge is 0.486 e. The molecule has 2 aromatic carbocycles. The Bertz CT molecular complexity index is 1090. The van der Waals surface area contributed by atoms with Gasteiger partial charge in [-0.15, -0.1) is 0 Å². The fraction of sp³-hybridized carbons (Fsp3) is 0.0526. The molecule has 7 nitrogen and oxygen atoms in total. The van der Waals surface area contributed by atoms with Crippen LogP contribution in [0.15, 0.2) is 58.2 Å². The molecule has 0 fully saturated rings. The van der Waals surface area contributed by atoms with E-state index < -0.39 is 4.92 Å². The molecule has 0 saturated carbocycles. The van der Waals surface area contributed by atoms with Crippen LogP contribution in [0.2, 0.25) is 15.1 Å². The van der Waals surface area contributed by atoms with E-state index in [1.165, 1.54) is 18.3 Å². The molecule has 0 aliphatic carbocycles. The monoisotopic (exact) mass is 528 g/mol. The van der Waals surface area contributed by atoms with Gasteiger partial charge in [-0.25, -0.2) is 4.98 Å². The lowest BCUT2D eigenvalue weighted by Gasteiger charge is -2.12. The number of aromatic nitrogens is 1. The van der Waals surface area contributed by atoms with E-state index in [0.717, 1.165) is 11.8 Å². The standard InChI is InChI=1S/C19H12BrCl3N4O3/c20-15-5-11(8-25-26-18-4-3-14(9-24-18)27(28)29)6-17(23)19(15)30-10-12-1-2-13(21)7-16(12)22/h1-9H,10H2,(H,24,26)/b25-8+. The van der Waals surface area contributed by atoms with E-state index in [1.54, 1.807) is 30.3 Å². The molecule has 0 atom stereocenters. The van der Waals surface area contributed by atoms with E-state index in [9.17, 15) is 10.1 Å². The van der Waals surface area contributed by atoms with Crippen molar-refractivity contribution in [2.45, 2.75) is 6.61 Å². The minimum atomic E-state index is -0.524. The van der Waals surface area contributed by atoms with E-state index in [0.29, 0.717) is 36.7 Å². The van der Waals surface area contributed by atoms with E-state index in [2.05, 4.69) is 31.4 Å². The Balaban J connectivity index is 1.66. The number of hydrogen-bond donors (Lipinski definition) is 1. The van der Waals surface area contributed by atoms with Crippen molar-refractivity contribution in [1.29, 1.82) is 0 Å². The first kappa shape index (κ1) is 22.3. The summed E-state index contributed by atoms with van der Waals surface area (Å²) < 4.78 is 6.44. The van der Waals surface area contributed by atoms with Crippen molar-refractivity contribution < 1.29 is 9.66 Å². The van der Waals surface area contributed by atoms with Gasteiger partial charge < -0.3 is 4.74 Å². The summed E-state index contributed by atoms with van der Waals surface area (Å²) in [5.74, 6) is 0.826. The van der Waals surface area contributed by atoms with Crippen molar-refractivity contribution in [1.82, 2.24) is 4.98 Å². The second kappa shape index (κ2) is 10.1. The van der Waals surface area contributed by atoms with Crippen LogP contribution < -0.4 is 10.2 Å². The van der Waals surface area contributed by atoms with Crippen LogP contribution in [0.25, 0.3) is 0 Å². The molecule has 0 radical (unpaired) electrons. The van der Waals surface area contributed by atoms with E-state index in [1.807, 2.05) is 0 Å². The van der Waals surface area contributed by atoms with Crippen LogP contribution in [0.1, 0.15) is 11.1 Å². The fourth-order valence-electron chi connectivity index (χ4n) is 2.31. The summed E-state index contributed by atoms with van der Waals surface area (Å²) in [6.45, 7) is 0.217. The highest BCUT2D eigenvalue weighted by Gasteiger charge is 2.11. The molecule has 0 aliphatic rings. The first-order valence-electron chi connectivity index (χ1n) is 8.29. The highest BCUT2D eigenvalue weighted by Crippen LogP contribution is 2.35. The molecule has 0 bridgehead atoms. The summed E-state index contributed by atoms with van der Waals surface area (Å²) in [6.07, 6.45) is 2.67. The second-order valence-electron chi connectivity index (χ2n) is 5.87. The van der Waals surface area contributed by atoms with Crippen LogP contribution in [-0.2, 0) is 6.61 Å². The van der Waals surface area contributed by atoms with Crippen LogP contribution in [0.3, 0.4) is 0 Å². The first-order valence-corrected chi connectivity index (χ1v) is 10.2. The molecule has 1 heterocycles. The number of benzene rings is 2. The lowest BCUT2D eigenvalue weighted by atomic mass is 10.2. The zero-order chi connectivity index (χ0) is 21.7. The molecular weight excluding hydrogens is 518 g/mol. The van der Waals surface area contributed by atoms with Crippen molar-refractivity contribution in [2.75, 3.05) is 5.43 Å². The van der Waals surface area contributed by atoms with Gasteiger partial charge >= 0.3 is 0 Å². The number of pyridine rings is 1. The van der Waals surface area contributed by atoms with E-state index >= 15 is 0 Å². The summed E-state index contributed by atoms with van der Waals surface area (Å²) in [4.78, 5) is 14.0. The SMILES string of the molecule is O=[N+]([O-])c1ccc(N/N=C/c2cc(Cl)c(OCc3ccc(Cl)cc3Cl)c(Br)c2)nc1. The average molecular weight is 531 g/mol. The van der Waals surface area contributed by atoms with Gasteiger partial charge in [0.25, 0.3) is 5.69 Å². The Hall–Kier alpha value is -2.39. The van der Waals surface area contributed by atoms with Gasteiger partial charge in [0.05, 0.1) is 20.6 Å². The number of nitrogens with one attached hydrogen (secondary N) is 1. The van der Waals surface area contributed by atoms with Gasteiger partial charge in [-0.3, -0.25) is 15.5 Å². The molecule has 11 heteroatoms. The van der Waals surface area contributed by atoms with Crippen LogP contribution in [0.4, 0.5) is 11.5 Å². The molecule has 0 spiro atoms. The Labute approximate surface area is 194 Å². The van der Waals surface area contributed by atoms with Crippen LogP contribution >= 0.6 is 50.7 Å². The second-order valence-corrected chi connectivity index (χ2v) is 7.97. The number of rotatable bonds is 7. The molecule has 0 unspecified atom stereocenters. The van der Waals surface area contributed by atoms with Gasteiger partial charge in [-0.1, -0.05) is 40.9 Å². The Morgan fingerprint density at radius 2 is 1.97 bits per heavy atom. The van der Waals surface area contributed by atoms with Gasteiger partial charge in [-0.2, -0.15) is 5.10 Å². The molecule has 154 valence electrons. The number of hydrogen-bond acceptors (Lipinski definition) is 6. The van der Waals surface area contributed by atoms with Crippen LogP contribution in [-0.4, -0.2) is 16.1 Å². The van der Waals surface area contributed by atoms with Gasteiger partial charge in [0, 0.05) is 21.7 Å². The third-order valence-corrected chi connectivity index (χ3v) is 5.22. The number of hydrazone groups is 1. The lowest BCUT2D eigenvalue weighted by Crippen LogP contribution is -1.99. The third kappa shape index (κ3) is 5.82. The number of ether oxygens (including phenoxy) is 1. The van der Waals surface area contributed by atoms with Crippen molar-refractivity contribution in [2.24, 2.45) is 5.10 Å².